The second-order valence-electron chi connectivity index (χ2n) is 5.75. The van der Waals surface area contributed by atoms with Gasteiger partial charge in [-0.15, -0.1) is 10.2 Å². The molecule has 0 bridgehead atoms. The average molecular weight is 287 g/mol. The molecule has 0 spiro atoms. The fraction of sp³-hybridized carbons (Fsp3) is 0.333. The van der Waals surface area contributed by atoms with Crippen LogP contribution in [0.1, 0.15) is 25.8 Å². The van der Waals surface area contributed by atoms with Gasteiger partial charge in [0, 0.05) is 10.9 Å². The molecule has 104 valence electrons. The summed E-state index contributed by atoms with van der Waals surface area (Å²) in [4.78, 5) is 0. The first-order valence-corrected chi connectivity index (χ1v) is 7.38. The van der Waals surface area contributed by atoms with Crippen LogP contribution in [0.5, 0.6) is 0 Å². The zero-order valence-corrected chi connectivity index (χ0v) is 12.6. The van der Waals surface area contributed by atoms with Crippen molar-refractivity contribution < 1.29 is 4.42 Å². The molecule has 2 aromatic heterocycles. The fourth-order valence-corrected chi connectivity index (χ4v) is 2.72. The van der Waals surface area contributed by atoms with Crippen molar-refractivity contribution in [2.45, 2.75) is 32.9 Å². The Morgan fingerprint density at radius 2 is 2.00 bits per heavy atom. The van der Waals surface area contributed by atoms with Crippen LogP contribution >= 0.6 is 11.3 Å². The number of benzene rings is 1. The molecule has 0 radical (unpaired) electrons. The van der Waals surface area contributed by atoms with Crippen LogP contribution in [0.15, 0.2) is 34.9 Å². The van der Waals surface area contributed by atoms with Crippen molar-refractivity contribution in [2.24, 2.45) is 0 Å². The maximum Gasteiger partial charge on any atom is 0.151 e. The summed E-state index contributed by atoms with van der Waals surface area (Å²) in [6, 6.07) is 7.98. The van der Waals surface area contributed by atoms with Gasteiger partial charge in [-0.1, -0.05) is 29.5 Å². The Balaban J connectivity index is 1.86. The molecule has 0 amide bonds. The first-order chi connectivity index (χ1) is 9.53. The molecule has 0 unspecified atom stereocenters. The summed E-state index contributed by atoms with van der Waals surface area (Å²) >= 11 is 1.60. The highest BCUT2D eigenvalue weighted by Gasteiger charge is 2.14. The van der Waals surface area contributed by atoms with Gasteiger partial charge in [-0.2, -0.15) is 0 Å². The molecule has 0 atom stereocenters. The molecule has 1 N–H and O–H groups in total. The monoisotopic (exact) mass is 287 g/mol. The van der Waals surface area contributed by atoms with Crippen molar-refractivity contribution in [3.8, 4) is 10.6 Å². The average Bonchev–Trinajstić information content (AvgIpc) is 3.01. The Hall–Kier alpha value is -1.72. The van der Waals surface area contributed by atoms with E-state index in [0.717, 1.165) is 33.1 Å². The Kier molecular flexibility index (Phi) is 3.31. The first kappa shape index (κ1) is 13.3. The Morgan fingerprint density at radius 1 is 1.20 bits per heavy atom. The van der Waals surface area contributed by atoms with Crippen LogP contribution in [0.4, 0.5) is 0 Å². The van der Waals surface area contributed by atoms with E-state index in [2.05, 4.69) is 36.3 Å². The third-order valence-corrected chi connectivity index (χ3v) is 3.90. The van der Waals surface area contributed by atoms with Crippen molar-refractivity contribution in [3.63, 3.8) is 0 Å². The van der Waals surface area contributed by atoms with E-state index in [-0.39, 0.29) is 5.54 Å². The molecular weight excluding hydrogens is 270 g/mol. The minimum absolute atomic E-state index is 0.0776. The summed E-state index contributed by atoms with van der Waals surface area (Å²) < 4.78 is 5.55. The number of nitrogens with one attached hydrogen (secondary N) is 1. The maximum atomic E-state index is 5.55. The molecule has 3 aromatic rings. The van der Waals surface area contributed by atoms with E-state index < -0.39 is 0 Å². The van der Waals surface area contributed by atoms with Gasteiger partial charge in [0.25, 0.3) is 0 Å². The van der Waals surface area contributed by atoms with Crippen LogP contribution in [0.3, 0.4) is 0 Å². The first-order valence-electron chi connectivity index (χ1n) is 6.57. The van der Waals surface area contributed by atoms with E-state index >= 15 is 0 Å². The number of hydrogen-bond donors (Lipinski definition) is 1. The van der Waals surface area contributed by atoms with Gasteiger partial charge in [0.2, 0.25) is 0 Å². The van der Waals surface area contributed by atoms with E-state index in [1.54, 1.807) is 17.6 Å². The number of hydrogen-bond acceptors (Lipinski definition) is 5. The van der Waals surface area contributed by atoms with Crippen molar-refractivity contribution in [1.82, 2.24) is 15.5 Å². The molecule has 2 heterocycles. The summed E-state index contributed by atoms with van der Waals surface area (Å²) in [5, 5.41) is 14.9. The highest BCUT2D eigenvalue weighted by molar-refractivity contribution is 7.14. The predicted molar refractivity (Wildman–Crippen MR) is 81.7 cm³/mol. The topological polar surface area (TPSA) is 51.0 Å². The van der Waals surface area contributed by atoms with Gasteiger partial charge in [-0.05, 0) is 26.8 Å². The van der Waals surface area contributed by atoms with Crippen LogP contribution in [0.25, 0.3) is 21.5 Å². The summed E-state index contributed by atoms with van der Waals surface area (Å²) in [5.41, 5.74) is 1.97. The van der Waals surface area contributed by atoms with E-state index in [9.17, 15) is 0 Å². The van der Waals surface area contributed by atoms with Crippen molar-refractivity contribution in [2.75, 3.05) is 0 Å². The molecule has 0 saturated heterocycles. The predicted octanol–water partition coefficient (Wildman–Crippen LogP) is 3.84. The molecule has 0 aliphatic carbocycles. The molecule has 0 aliphatic rings. The lowest BCUT2D eigenvalue weighted by molar-refractivity contribution is 0.423. The summed E-state index contributed by atoms with van der Waals surface area (Å²) in [7, 11) is 0. The van der Waals surface area contributed by atoms with Gasteiger partial charge >= 0.3 is 0 Å². The van der Waals surface area contributed by atoms with E-state index in [1.165, 1.54) is 0 Å². The molecule has 20 heavy (non-hydrogen) atoms. The molecule has 1 aromatic carbocycles. The number of para-hydroxylation sites is 1. The lowest BCUT2D eigenvalue weighted by Gasteiger charge is -2.19. The molecule has 3 rings (SSSR count). The molecule has 0 fully saturated rings. The molecule has 5 heteroatoms. The second-order valence-corrected chi connectivity index (χ2v) is 6.81. The van der Waals surface area contributed by atoms with E-state index in [0.29, 0.717) is 0 Å². The Labute approximate surface area is 121 Å². The summed E-state index contributed by atoms with van der Waals surface area (Å²) in [6.07, 6.45) is 1.76. The van der Waals surface area contributed by atoms with Crippen LogP contribution < -0.4 is 5.32 Å². The van der Waals surface area contributed by atoms with Gasteiger partial charge < -0.3 is 9.73 Å². The molecular formula is C15H17N3OS. The third kappa shape index (κ3) is 2.73. The van der Waals surface area contributed by atoms with Gasteiger partial charge in [0.15, 0.2) is 5.01 Å². The van der Waals surface area contributed by atoms with E-state index in [1.807, 2.05) is 24.3 Å². The molecule has 4 nitrogen and oxygen atoms in total. The van der Waals surface area contributed by atoms with Crippen molar-refractivity contribution in [1.29, 1.82) is 0 Å². The van der Waals surface area contributed by atoms with Gasteiger partial charge in [-0.3, -0.25) is 0 Å². The van der Waals surface area contributed by atoms with Gasteiger partial charge in [0.1, 0.15) is 16.9 Å². The number of fused-ring (bicyclic) bond motifs is 1. The minimum Gasteiger partial charge on any atom is -0.464 e. The van der Waals surface area contributed by atoms with Crippen LogP contribution in [-0.4, -0.2) is 15.7 Å². The van der Waals surface area contributed by atoms with Crippen LogP contribution in [0.2, 0.25) is 0 Å². The molecule has 0 saturated carbocycles. The zero-order valence-electron chi connectivity index (χ0n) is 11.8. The van der Waals surface area contributed by atoms with Crippen molar-refractivity contribution in [3.05, 3.63) is 35.5 Å². The standard InChI is InChI=1S/C15H17N3OS/c1-15(2,3)16-8-13-17-18-14(20-13)11-9-19-12-7-5-4-6-10(11)12/h4-7,9,16H,8H2,1-3H3. The number of rotatable bonds is 3. The fourth-order valence-electron chi connectivity index (χ4n) is 1.92. The normalized spacial score (nSPS) is 12.2. The second kappa shape index (κ2) is 5.00. The van der Waals surface area contributed by atoms with Crippen LogP contribution in [-0.2, 0) is 6.54 Å². The summed E-state index contributed by atoms with van der Waals surface area (Å²) in [6.45, 7) is 7.15. The van der Waals surface area contributed by atoms with Gasteiger partial charge in [-0.25, -0.2) is 0 Å². The summed E-state index contributed by atoms with van der Waals surface area (Å²) in [5.74, 6) is 0. The molecule has 0 aliphatic heterocycles. The Bertz CT molecular complexity index is 724. The number of furan rings is 1. The number of aromatic nitrogens is 2. The maximum absolute atomic E-state index is 5.55. The third-order valence-electron chi connectivity index (χ3n) is 2.95. The van der Waals surface area contributed by atoms with Gasteiger partial charge in [0.05, 0.1) is 12.1 Å². The minimum atomic E-state index is 0.0776. The highest BCUT2D eigenvalue weighted by atomic mass is 32.1. The quantitative estimate of drug-likeness (QED) is 0.795. The smallest absolute Gasteiger partial charge is 0.151 e. The highest BCUT2D eigenvalue weighted by Crippen LogP contribution is 2.32. The number of nitrogens with zero attached hydrogens (tertiary/aromatic N) is 2. The largest absolute Gasteiger partial charge is 0.464 e. The van der Waals surface area contributed by atoms with Crippen molar-refractivity contribution >= 4 is 22.3 Å². The lowest BCUT2D eigenvalue weighted by Crippen LogP contribution is -2.35. The lowest BCUT2D eigenvalue weighted by atomic mass is 10.1. The van der Waals surface area contributed by atoms with Crippen LogP contribution in [0, 0.1) is 0 Å². The van der Waals surface area contributed by atoms with E-state index in [4.69, 9.17) is 4.42 Å². The zero-order chi connectivity index (χ0) is 14.2. The Morgan fingerprint density at radius 3 is 2.80 bits per heavy atom. The SMILES string of the molecule is CC(C)(C)NCc1nnc(-c2coc3ccccc23)s1.